The van der Waals surface area contributed by atoms with Crippen LogP contribution in [0.25, 0.3) is 0 Å². The maximum Gasteiger partial charge on any atom is 0.258 e. The van der Waals surface area contributed by atoms with Gasteiger partial charge in [0, 0.05) is 6.07 Å². The third-order valence-corrected chi connectivity index (χ3v) is 2.21. The molecule has 1 aromatic carbocycles. The summed E-state index contributed by atoms with van der Waals surface area (Å²) in [6, 6.07) is 9.14. The Hall–Kier alpha value is -2.30. The van der Waals surface area contributed by atoms with Gasteiger partial charge < -0.3 is 14.5 Å². The average Bonchev–Trinajstić information content (AvgIpc) is 2.87. The molecular formula is C13H12FNO3. The third kappa shape index (κ3) is 3.62. The van der Waals surface area contributed by atoms with Gasteiger partial charge >= 0.3 is 0 Å². The van der Waals surface area contributed by atoms with E-state index in [1.165, 1.54) is 24.5 Å². The maximum atomic E-state index is 12.8. The first kappa shape index (κ1) is 12.2. The van der Waals surface area contributed by atoms with Crippen LogP contribution in [0, 0.1) is 5.82 Å². The zero-order valence-corrected chi connectivity index (χ0v) is 9.56. The zero-order chi connectivity index (χ0) is 12.8. The first-order chi connectivity index (χ1) is 8.74. The normalized spacial score (nSPS) is 10.1. The molecule has 0 radical (unpaired) electrons. The van der Waals surface area contributed by atoms with Crippen LogP contribution in [0.5, 0.6) is 5.75 Å². The second-order valence-corrected chi connectivity index (χ2v) is 3.60. The Labute approximate surface area is 103 Å². The molecule has 0 aliphatic carbocycles. The molecule has 18 heavy (non-hydrogen) atoms. The first-order valence-electron chi connectivity index (χ1n) is 5.41. The van der Waals surface area contributed by atoms with Gasteiger partial charge in [0.2, 0.25) is 0 Å². The molecule has 1 N–H and O–H groups in total. The molecule has 2 rings (SSSR count). The molecule has 0 spiro atoms. The fourth-order valence-corrected chi connectivity index (χ4v) is 1.36. The van der Waals surface area contributed by atoms with E-state index in [1.807, 2.05) is 0 Å². The standard InChI is InChI=1S/C13H12FNO3/c14-10-3-1-4-11(7-10)18-9-13(16)15-8-12-5-2-6-17-12/h1-7H,8-9H2,(H,15,16). The molecule has 94 valence electrons. The van der Waals surface area contributed by atoms with E-state index in [0.29, 0.717) is 18.1 Å². The SMILES string of the molecule is O=C(COc1cccc(F)c1)NCc1ccco1. The van der Waals surface area contributed by atoms with Crippen molar-refractivity contribution >= 4 is 5.91 Å². The van der Waals surface area contributed by atoms with Crippen molar-refractivity contribution in [1.29, 1.82) is 0 Å². The van der Waals surface area contributed by atoms with E-state index in [-0.39, 0.29) is 12.5 Å². The minimum Gasteiger partial charge on any atom is -0.484 e. The van der Waals surface area contributed by atoms with Gasteiger partial charge in [0.1, 0.15) is 17.3 Å². The van der Waals surface area contributed by atoms with Crippen LogP contribution in [-0.2, 0) is 11.3 Å². The molecule has 0 aliphatic rings. The molecule has 0 aliphatic heterocycles. The molecule has 1 aromatic heterocycles. The summed E-state index contributed by atoms with van der Waals surface area (Å²) in [6.07, 6.45) is 1.53. The number of benzene rings is 1. The Bertz CT molecular complexity index is 511. The number of furan rings is 1. The highest BCUT2D eigenvalue weighted by Crippen LogP contribution is 2.11. The average molecular weight is 249 g/mol. The lowest BCUT2D eigenvalue weighted by Crippen LogP contribution is -2.28. The van der Waals surface area contributed by atoms with Crippen molar-refractivity contribution in [2.75, 3.05) is 6.61 Å². The molecule has 2 aromatic rings. The lowest BCUT2D eigenvalue weighted by Gasteiger charge is -2.06. The first-order valence-corrected chi connectivity index (χ1v) is 5.41. The maximum absolute atomic E-state index is 12.8. The van der Waals surface area contributed by atoms with E-state index in [9.17, 15) is 9.18 Å². The van der Waals surface area contributed by atoms with Crippen LogP contribution in [0.15, 0.2) is 47.1 Å². The largest absolute Gasteiger partial charge is 0.484 e. The van der Waals surface area contributed by atoms with Crippen molar-refractivity contribution in [2.45, 2.75) is 6.54 Å². The summed E-state index contributed by atoms with van der Waals surface area (Å²) in [7, 11) is 0. The summed E-state index contributed by atoms with van der Waals surface area (Å²) >= 11 is 0. The Morgan fingerprint density at radius 3 is 2.94 bits per heavy atom. The molecular weight excluding hydrogens is 237 g/mol. The van der Waals surface area contributed by atoms with E-state index in [2.05, 4.69) is 5.32 Å². The minimum atomic E-state index is -0.400. The van der Waals surface area contributed by atoms with Crippen molar-refractivity contribution in [3.8, 4) is 5.75 Å². The van der Waals surface area contributed by atoms with Crippen molar-refractivity contribution in [3.05, 3.63) is 54.2 Å². The van der Waals surface area contributed by atoms with Gasteiger partial charge in [-0.15, -0.1) is 0 Å². The highest BCUT2D eigenvalue weighted by atomic mass is 19.1. The minimum absolute atomic E-state index is 0.163. The smallest absolute Gasteiger partial charge is 0.258 e. The summed E-state index contributed by atoms with van der Waals surface area (Å²) < 4.78 is 23.0. The number of hydrogen-bond donors (Lipinski definition) is 1. The van der Waals surface area contributed by atoms with Crippen molar-refractivity contribution in [2.24, 2.45) is 0 Å². The fraction of sp³-hybridized carbons (Fsp3) is 0.154. The van der Waals surface area contributed by atoms with E-state index >= 15 is 0 Å². The summed E-state index contributed by atoms with van der Waals surface area (Å²) in [6.45, 7) is 0.141. The predicted molar refractivity (Wildman–Crippen MR) is 62.4 cm³/mol. The van der Waals surface area contributed by atoms with E-state index in [1.54, 1.807) is 18.2 Å². The van der Waals surface area contributed by atoms with Gasteiger partial charge in [-0.3, -0.25) is 4.79 Å². The van der Waals surface area contributed by atoms with Crippen molar-refractivity contribution < 1.29 is 18.3 Å². The molecule has 0 saturated carbocycles. The number of carbonyl (C=O) groups excluding carboxylic acids is 1. The van der Waals surface area contributed by atoms with Crippen LogP contribution in [0.3, 0.4) is 0 Å². The predicted octanol–water partition coefficient (Wildman–Crippen LogP) is 2.11. The second kappa shape index (κ2) is 5.86. The Morgan fingerprint density at radius 1 is 1.33 bits per heavy atom. The summed E-state index contributed by atoms with van der Waals surface area (Å²) in [4.78, 5) is 11.4. The van der Waals surface area contributed by atoms with Gasteiger partial charge in [-0.1, -0.05) is 6.07 Å². The van der Waals surface area contributed by atoms with Crippen LogP contribution < -0.4 is 10.1 Å². The number of nitrogens with one attached hydrogen (secondary N) is 1. The highest BCUT2D eigenvalue weighted by Gasteiger charge is 2.04. The lowest BCUT2D eigenvalue weighted by molar-refractivity contribution is -0.123. The molecule has 5 heteroatoms. The van der Waals surface area contributed by atoms with Crippen LogP contribution in [0.4, 0.5) is 4.39 Å². The number of hydrogen-bond acceptors (Lipinski definition) is 3. The van der Waals surface area contributed by atoms with Crippen molar-refractivity contribution in [1.82, 2.24) is 5.32 Å². The molecule has 1 heterocycles. The lowest BCUT2D eigenvalue weighted by atomic mass is 10.3. The topological polar surface area (TPSA) is 51.5 Å². The van der Waals surface area contributed by atoms with Gasteiger partial charge in [-0.2, -0.15) is 0 Å². The van der Waals surface area contributed by atoms with E-state index in [0.717, 1.165) is 0 Å². The van der Waals surface area contributed by atoms with Gasteiger partial charge in [-0.05, 0) is 24.3 Å². The van der Waals surface area contributed by atoms with Crippen LogP contribution in [0.2, 0.25) is 0 Å². The zero-order valence-electron chi connectivity index (χ0n) is 9.56. The summed E-state index contributed by atoms with van der Waals surface area (Å²) in [5, 5.41) is 2.62. The quantitative estimate of drug-likeness (QED) is 0.883. The molecule has 4 nitrogen and oxygen atoms in total. The summed E-state index contributed by atoms with van der Waals surface area (Å²) in [5.74, 6) is 0.288. The van der Waals surface area contributed by atoms with Gasteiger partial charge in [-0.25, -0.2) is 4.39 Å². The molecule has 0 saturated heterocycles. The van der Waals surface area contributed by atoms with E-state index < -0.39 is 5.82 Å². The fourth-order valence-electron chi connectivity index (χ4n) is 1.36. The van der Waals surface area contributed by atoms with Crippen LogP contribution in [-0.4, -0.2) is 12.5 Å². The number of rotatable bonds is 5. The Balaban J connectivity index is 1.75. The molecule has 0 atom stereocenters. The molecule has 0 unspecified atom stereocenters. The van der Waals surface area contributed by atoms with Gasteiger partial charge in [0.15, 0.2) is 6.61 Å². The molecule has 0 bridgehead atoms. The Morgan fingerprint density at radius 2 is 2.22 bits per heavy atom. The molecule has 0 fully saturated rings. The Kier molecular flexibility index (Phi) is 3.96. The summed E-state index contributed by atoms with van der Waals surface area (Å²) in [5.41, 5.74) is 0. The van der Waals surface area contributed by atoms with Gasteiger partial charge in [0.25, 0.3) is 5.91 Å². The third-order valence-electron chi connectivity index (χ3n) is 2.21. The van der Waals surface area contributed by atoms with E-state index in [4.69, 9.17) is 9.15 Å². The second-order valence-electron chi connectivity index (χ2n) is 3.60. The number of carbonyl (C=O) groups is 1. The number of ether oxygens (including phenoxy) is 1. The number of halogens is 1. The monoisotopic (exact) mass is 249 g/mol. The number of amides is 1. The van der Waals surface area contributed by atoms with Gasteiger partial charge in [0.05, 0.1) is 12.8 Å². The highest BCUT2D eigenvalue weighted by molar-refractivity contribution is 5.77. The van der Waals surface area contributed by atoms with Crippen LogP contribution in [0.1, 0.15) is 5.76 Å². The molecule has 1 amide bonds. The van der Waals surface area contributed by atoms with Crippen molar-refractivity contribution in [3.63, 3.8) is 0 Å². The van der Waals surface area contributed by atoms with Crippen LogP contribution >= 0.6 is 0 Å².